The van der Waals surface area contributed by atoms with Crippen molar-refractivity contribution in [1.82, 2.24) is 4.90 Å². The standard InChI is InChI=1S/C11H21F2NO/c1-8(2)10-5-14(9(3)4)6-11(12,13)7-15-10/h8-10H,5-7H2,1-4H3/t10-/m0/s1. The Balaban J connectivity index is 2.71. The lowest BCUT2D eigenvalue weighted by Gasteiger charge is -2.29. The van der Waals surface area contributed by atoms with E-state index in [1.807, 2.05) is 27.7 Å². The molecule has 1 aliphatic rings. The lowest BCUT2D eigenvalue weighted by Crippen LogP contribution is -2.42. The number of rotatable bonds is 2. The zero-order valence-electron chi connectivity index (χ0n) is 9.96. The van der Waals surface area contributed by atoms with E-state index in [2.05, 4.69) is 0 Å². The van der Waals surface area contributed by atoms with Crippen molar-refractivity contribution in [2.24, 2.45) is 5.92 Å². The van der Waals surface area contributed by atoms with Crippen LogP contribution >= 0.6 is 0 Å². The third-order valence-electron chi connectivity index (χ3n) is 2.83. The number of ether oxygens (including phenoxy) is 1. The Morgan fingerprint density at radius 3 is 2.33 bits per heavy atom. The number of hydrogen-bond acceptors (Lipinski definition) is 2. The van der Waals surface area contributed by atoms with Crippen molar-refractivity contribution in [3.63, 3.8) is 0 Å². The molecule has 1 fully saturated rings. The monoisotopic (exact) mass is 221 g/mol. The molecular weight excluding hydrogens is 200 g/mol. The van der Waals surface area contributed by atoms with Gasteiger partial charge in [-0.3, -0.25) is 4.90 Å². The quantitative estimate of drug-likeness (QED) is 0.710. The Labute approximate surface area is 90.6 Å². The Hall–Kier alpha value is -0.220. The van der Waals surface area contributed by atoms with Crippen LogP contribution < -0.4 is 0 Å². The minimum atomic E-state index is -2.71. The van der Waals surface area contributed by atoms with E-state index in [9.17, 15) is 8.78 Å². The lowest BCUT2D eigenvalue weighted by molar-refractivity contribution is -0.0890. The van der Waals surface area contributed by atoms with Crippen LogP contribution in [0.5, 0.6) is 0 Å². The van der Waals surface area contributed by atoms with Crippen LogP contribution in [-0.4, -0.2) is 42.7 Å². The summed E-state index contributed by atoms with van der Waals surface area (Å²) in [7, 11) is 0. The molecule has 0 radical (unpaired) electrons. The smallest absolute Gasteiger partial charge is 0.283 e. The highest BCUT2D eigenvalue weighted by atomic mass is 19.3. The molecule has 1 rings (SSSR count). The van der Waals surface area contributed by atoms with Crippen molar-refractivity contribution < 1.29 is 13.5 Å². The zero-order valence-corrected chi connectivity index (χ0v) is 9.96. The van der Waals surface area contributed by atoms with E-state index in [1.165, 1.54) is 0 Å². The SMILES string of the molecule is CC(C)[C@@H]1CN(C(C)C)CC(F)(F)CO1. The van der Waals surface area contributed by atoms with Gasteiger partial charge >= 0.3 is 0 Å². The highest BCUT2D eigenvalue weighted by Gasteiger charge is 2.38. The van der Waals surface area contributed by atoms with Crippen molar-refractivity contribution in [1.29, 1.82) is 0 Å². The number of alkyl halides is 2. The molecule has 0 N–H and O–H groups in total. The minimum absolute atomic E-state index is 0.0826. The van der Waals surface area contributed by atoms with Crippen LogP contribution in [0, 0.1) is 5.92 Å². The lowest BCUT2D eigenvalue weighted by atomic mass is 10.1. The fourth-order valence-corrected chi connectivity index (χ4v) is 1.72. The predicted octanol–water partition coefficient (Wildman–Crippen LogP) is 2.39. The average Bonchev–Trinajstić information content (AvgIpc) is 2.23. The van der Waals surface area contributed by atoms with Gasteiger partial charge in [0, 0.05) is 12.6 Å². The van der Waals surface area contributed by atoms with E-state index in [4.69, 9.17) is 4.74 Å². The fraction of sp³-hybridized carbons (Fsp3) is 1.00. The van der Waals surface area contributed by atoms with Crippen LogP contribution in [0.2, 0.25) is 0 Å². The molecule has 4 heteroatoms. The second-order valence-electron chi connectivity index (χ2n) is 4.97. The third kappa shape index (κ3) is 3.68. The Morgan fingerprint density at radius 1 is 1.27 bits per heavy atom. The Bertz CT molecular complexity index is 207. The highest BCUT2D eigenvalue weighted by molar-refractivity contribution is 4.82. The molecular formula is C11H21F2NO. The highest BCUT2D eigenvalue weighted by Crippen LogP contribution is 2.24. The van der Waals surface area contributed by atoms with Crippen molar-refractivity contribution >= 4 is 0 Å². The zero-order chi connectivity index (χ0) is 11.6. The first-order valence-corrected chi connectivity index (χ1v) is 5.55. The molecule has 0 spiro atoms. The molecule has 0 aromatic carbocycles. The minimum Gasteiger partial charge on any atom is -0.370 e. The van der Waals surface area contributed by atoms with Gasteiger partial charge in [0.25, 0.3) is 5.92 Å². The predicted molar refractivity (Wildman–Crippen MR) is 56.2 cm³/mol. The van der Waals surface area contributed by atoms with Gasteiger partial charge in [0.05, 0.1) is 12.6 Å². The van der Waals surface area contributed by atoms with Crippen LogP contribution in [0.3, 0.4) is 0 Å². The van der Waals surface area contributed by atoms with Gasteiger partial charge in [0.1, 0.15) is 6.61 Å². The number of halogens is 2. The average molecular weight is 221 g/mol. The van der Waals surface area contributed by atoms with E-state index < -0.39 is 12.5 Å². The van der Waals surface area contributed by atoms with E-state index in [1.54, 1.807) is 4.90 Å². The van der Waals surface area contributed by atoms with E-state index in [-0.39, 0.29) is 24.6 Å². The molecule has 15 heavy (non-hydrogen) atoms. The van der Waals surface area contributed by atoms with Crippen LogP contribution in [0.25, 0.3) is 0 Å². The van der Waals surface area contributed by atoms with Crippen molar-refractivity contribution in [2.45, 2.75) is 45.8 Å². The molecule has 0 unspecified atom stereocenters. The first-order chi connectivity index (χ1) is 6.82. The van der Waals surface area contributed by atoms with Crippen LogP contribution in [0.4, 0.5) is 8.78 Å². The van der Waals surface area contributed by atoms with Crippen molar-refractivity contribution in [3.8, 4) is 0 Å². The number of hydrogen-bond donors (Lipinski definition) is 0. The summed E-state index contributed by atoms with van der Waals surface area (Å²) in [5.74, 6) is -2.44. The fourth-order valence-electron chi connectivity index (χ4n) is 1.72. The Morgan fingerprint density at radius 2 is 1.87 bits per heavy atom. The molecule has 0 amide bonds. The summed E-state index contributed by atoms with van der Waals surface area (Å²) in [4.78, 5) is 1.80. The van der Waals surface area contributed by atoms with Gasteiger partial charge in [-0.1, -0.05) is 13.8 Å². The largest absolute Gasteiger partial charge is 0.370 e. The maximum Gasteiger partial charge on any atom is 0.283 e. The van der Waals surface area contributed by atoms with Gasteiger partial charge in [0.15, 0.2) is 0 Å². The second kappa shape index (κ2) is 4.74. The summed E-state index contributed by atoms with van der Waals surface area (Å²) in [6.45, 7) is 7.87. The van der Waals surface area contributed by atoms with Crippen LogP contribution in [-0.2, 0) is 4.74 Å². The molecule has 0 aliphatic carbocycles. The molecule has 90 valence electrons. The molecule has 1 saturated heterocycles. The molecule has 0 aromatic heterocycles. The molecule has 0 bridgehead atoms. The summed E-state index contributed by atoms with van der Waals surface area (Å²) in [6, 6.07) is 0.138. The molecule has 0 saturated carbocycles. The molecule has 1 atom stereocenters. The van der Waals surface area contributed by atoms with Gasteiger partial charge in [-0.05, 0) is 19.8 Å². The van der Waals surface area contributed by atoms with E-state index >= 15 is 0 Å². The van der Waals surface area contributed by atoms with Crippen molar-refractivity contribution in [2.75, 3.05) is 19.7 Å². The van der Waals surface area contributed by atoms with Crippen LogP contribution in [0.15, 0.2) is 0 Å². The summed E-state index contributed by atoms with van der Waals surface area (Å²) in [5.41, 5.74) is 0. The maximum atomic E-state index is 13.3. The van der Waals surface area contributed by atoms with Crippen molar-refractivity contribution in [3.05, 3.63) is 0 Å². The normalized spacial score (nSPS) is 28.4. The van der Waals surface area contributed by atoms with E-state index in [0.29, 0.717) is 6.54 Å². The van der Waals surface area contributed by atoms with Gasteiger partial charge < -0.3 is 4.74 Å². The van der Waals surface area contributed by atoms with E-state index in [0.717, 1.165) is 0 Å². The summed E-state index contributed by atoms with van der Waals surface area (Å²) in [6.07, 6.45) is -0.0826. The van der Waals surface area contributed by atoms with Crippen LogP contribution in [0.1, 0.15) is 27.7 Å². The van der Waals surface area contributed by atoms with Gasteiger partial charge in [0.2, 0.25) is 0 Å². The molecule has 0 aromatic rings. The summed E-state index contributed by atoms with van der Waals surface area (Å²) < 4.78 is 32.0. The first-order valence-electron chi connectivity index (χ1n) is 5.55. The Kier molecular flexibility index (Phi) is 4.06. The maximum absolute atomic E-state index is 13.3. The van der Waals surface area contributed by atoms with Gasteiger partial charge in [-0.25, -0.2) is 8.78 Å². The summed E-state index contributed by atoms with van der Waals surface area (Å²) >= 11 is 0. The number of nitrogens with zero attached hydrogens (tertiary/aromatic N) is 1. The molecule has 1 heterocycles. The topological polar surface area (TPSA) is 12.5 Å². The van der Waals surface area contributed by atoms with Gasteiger partial charge in [-0.2, -0.15) is 0 Å². The third-order valence-corrected chi connectivity index (χ3v) is 2.83. The molecule has 1 aliphatic heterocycles. The second-order valence-corrected chi connectivity index (χ2v) is 4.97. The summed E-state index contributed by atoms with van der Waals surface area (Å²) in [5, 5.41) is 0. The first kappa shape index (κ1) is 12.8. The molecule has 2 nitrogen and oxygen atoms in total. The van der Waals surface area contributed by atoms with Gasteiger partial charge in [-0.15, -0.1) is 0 Å².